The summed E-state index contributed by atoms with van der Waals surface area (Å²) in [6.07, 6.45) is -1.77. The lowest BCUT2D eigenvalue weighted by molar-refractivity contribution is -0.299. The second-order valence-electron chi connectivity index (χ2n) is 12.6. The smallest absolute Gasteiger partial charge is 0.228 e. The molecular weight excluding hydrogens is 462 g/mol. The van der Waals surface area contributed by atoms with Crippen LogP contribution in [0.15, 0.2) is 0 Å². The zero-order valence-electron chi connectivity index (χ0n) is 23.6. The van der Waals surface area contributed by atoms with Crippen molar-refractivity contribution < 1.29 is 29.6 Å². The number of ether oxygens (including phenoxy) is 2. The van der Waals surface area contributed by atoms with Gasteiger partial charge in [0, 0.05) is 38.1 Å². The quantitative estimate of drug-likeness (QED) is 0.513. The molecule has 0 radical (unpaired) electrons. The first kappa shape index (κ1) is 29.7. The largest absolute Gasteiger partial charge is 0.392 e. The van der Waals surface area contributed by atoms with Gasteiger partial charge in [-0.15, -0.1) is 0 Å². The molecule has 3 aliphatic heterocycles. The molecule has 1 unspecified atom stereocenters. The summed E-state index contributed by atoms with van der Waals surface area (Å²) in [6, 6.07) is -0.154. The van der Waals surface area contributed by atoms with Gasteiger partial charge >= 0.3 is 0 Å². The van der Waals surface area contributed by atoms with Crippen molar-refractivity contribution >= 4 is 5.91 Å². The summed E-state index contributed by atoms with van der Waals surface area (Å²) in [5.41, 5.74) is -1.32. The predicted molar refractivity (Wildman–Crippen MR) is 138 cm³/mol. The van der Waals surface area contributed by atoms with Crippen molar-refractivity contribution in [2.45, 2.75) is 96.2 Å². The zero-order valence-corrected chi connectivity index (χ0v) is 23.6. The van der Waals surface area contributed by atoms with Crippen LogP contribution in [0.25, 0.3) is 0 Å². The number of hydrogen-bond donors (Lipinski definition) is 3. The molecular formula is C27H51N3O6. The fraction of sp³-hybridized carbons (Fsp3) is 0.963. The van der Waals surface area contributed by atoms with Crippen LogP contribution >= 0.6 is 0 Å². The Morgan fingerprint density at radius 1 is 1.08 bits per heavy atom. The van der Waals surface area contributed by atoms with E-state index in [0.29, 0.717) is 31.8 Å². The van der Waals surface area contributed by atoms with Crippen molar-refractivity contribution in [2.75, 3.05) is 47.3 Å². The highest BCUT2D eigenvalue weighted by Crippen LogP contribution is 2.36. The summed E-state index contributed by atoms with van der Waals surface area (Å²) in [5, 5.41) is 34.3. The summed E-state index contributed by atoms with van der Waals surface area (Å²) in [7, 11) is 5.93. The van der Waals surface area contributed by atoms with Gasteiger partial charge in [-0.25, -0.2) is 0 Å². The topological polar surface area (TPSA) is 106 Å². The Labute approximate surface area is 217 Å². The molecule has 0 spiro atoms. The van der Waals surface area contributed by atoms with E-state index in [9.17, 15) is 20.1 Å². The second kappa shape index (κ2) is 11.9. The lowest BCUT2D eigenvalue weighted by Gasteiger charge is -2.47. The monoisotopic (exact) mass is 513 g/mol. The van der Waals surface area contributed by atoms with Gasteiger partial charge in [0.15, 0.2) is 6.29 Å². The number of rotatable bonds is 3. The van der Waals surface area contributed by atoms with Crippen molar-refractivity contribution in [3.05, 3.63) is 0 Å². The van der Waals surface area contributed by atoms with E-state index < -0.39 is 42.0 Å². The van der Waals surface area contributed by atoms with Crippen LogP contribution in [0.3, 0.4) is 0 Å². The van der Waals surface area contributed by atoms with Crippen molar-refractivity contribution in [3.63, 3.8) is 0 Å². The Kier molecular flexibility index (Phi) is 9.86. The zero-order chi connectivity index (χ0) is 26.9. The molecule has 0 aromatic rings. The van der Waals surface area contributed by atoms with E-state index in [1.54, 1.807) is 13.8 Å². The van der Waals surface area contributed by atoms with E-state index in [1.807, 2.05) is 37.7 Å². The number of carbonyl (C=O) groups excluding carboxylic acids is 1. The molecule has 9 nitrogen and oxygen atoms in total. The SMILES string of the molecule is C[C@H]1CN(C)CC2CCN(C2)C(=O)[C@H](C)[C@@H](O)[C@H](C)[C@@H](O[C@@H]2O[C@H](C)C[C@H](N(C)C)[C@H]2O)[C@](C)(O)C1. The predicted octanol–water partition coefficient (Wildman–Crippen LogP) is 1.00. The van der Waals surface area contributed by atoms with Crippen molar-refractivity contribution in [1.29, 1.82) is 0 Å². The first-order valence-corrected chi connectivity index (χ1v) is 13.7. The van der Waals surface area contributed by atoms with E-state index in [1.165, 1.54) is 0 Å². The summed E-state index contributed by atoms with van der Waals surface area (Å²) in [5.74, 6) is -0.673. The molecule has 9 heteroatoms. The molecule has 0 aromatic carbocycles. The van der Waals surface area contributed by atoms with Crippen LogP contribution in [0.5, 0.6) is 0 Å². The number of likely N-dealkylation sites (N-methyl/N-ethyl adjacent to an activating group) is 1. The van der Waals surface area contributed by atoms with Gasteiger partial charge in [0.05, 0.1) is 29.8 Å². The van der Waals surface area contributed by atoms with E-state index >= 15 is 0 Å². The molecule has 0 aromatic heterocycles. The Morgan fingerprint density at radius 2 is 1.75 bits per heavy atom. The third kappa shape index (κ3) is 6.79. The van der Waals surface area contributed by atoms with E-state index in [0.717, 1.165) is 19.5 Å². The summed E-state index contributed by atoms with van der Waals surface area (Å²) < 4.78 is 12.5. The van der Waals surface area contributed by atoms with E-state index in [2.05, 4.69) is 18.9 Å². The lowest BCUT2D eigenvalue weighted by Crippen LogP contribution is -2.59. The molecule has 210 valence electrons. The number of aliphatic hydroxyl groups is 3. The van der Waals surface area contributed by atoms with Gasteiger partial charge in [-0.1, -0.05) is 20.8 Å². The first-order chi connectivity index (χ1) is 16.7. The molecule has 36 heavy (non-hydrogen) atoms. The average Bonchev–Trinajstić information content (AvgIpc) is 3.23. The van der Waals surface area contributed by atoms with Crippen molar-refractivity contribution in [2.24, 2.45) is 23.7 Å². The van der Waals surface area contributed by atoms with Crippen LogP contribution in [-0.2, 0) is 14.3 Å². The Hall–Kier alpha value is -0.810. The number of nitrogens with zero attached hydrogens (tertiary/aromatic N) is 3. The Morgan fingerprint density at radius 3 is 2.39 bits per heavy atom. The molecule has 2 bridgehead atoms. The fourth-order valence-electron chi connectivity index (χ4n) is 6.82. The van der Waals surface area contributed by atoms with Crippen LogP contribution in [0.2, 0.25) is 0 Å². The highest BCUT2D eigenvalue weighted by atomic mass is 16.7. The van der Waals surface area contributed by atoms with Crippen molar-refractivity contribution in [1.82, 2.24) is 14.7 Å². The highest BCUT2D eigenvalue weighted by Gasteiger charge is 2.48. The van der Waals surface area contributed by atoms with Gasteiger partial charge in [-0.05, 0) is 66.1 Å². The molecule has 1 amide bonds. The second-order valence-corrected chi connectivity index (χ2v) is 12.6. The van der Waals surface area contributed by atoms with Crippen LogP contribution in [0, 0.1) is 23.7 Å². The molecule has 3 aliphatic rings. The third-order valence-electron chi connectivity index (χ3n) is 8.64. The molecule has 0 aliphatic carbocycles. The number of amides is 1. The molecule has 3 N–H and O–H groups in total. The van der Waals surface area contributed by atoms with Gasteiger partial charge in [0.1, 0.15) is 6.10 Å². The van der Waals surface area contributed by atoms with Crippen LogP contribution < -0.4 is 0 Å². The number of hydrogen-bond acceptors (Lipinski definition) is 8. The molecule has 3 heterocycles. The Bertz CT molecular complexity index is 736. The van der Waals surface area contributed by atoms with E-state index in [-0.39, 0.29) is 24.0 Å². The van der Waals surface area contributed by atoms with Crippen molar-refractivity contribution in [3.8, 4) is 0 Å². The highest BCUT2D eigenvalue weighted by molar-refractivity contribution is 5.79. The standard InChI is InChI=1S/C27H51N3O6/c1-16-12-27(5,34)24(36-26-23(32)21(28(6)7)11-17(2)35-26)18(3)22(31)19(4)25(33)30-10-9-20(15-30)14-29(8)13-16/h16-24,26,31-32,34H,9-15H2,1-8H3/t16-,17-,18+,19-,20?,21+,22+,23-,24-,26+,27-/m1/s1. The van der Waals surface area contributed by atoms with Crippen LogP contribution in [0.4, 0.5) is 0 Å². The summed E-state index contributed by atoms with van der Waals surface area (Å²) in [6.45, 7) is 12.5. The van der Waals surface area contributed by atoms with Crippen LogP contribution in [0.1, 0.15) is 53.9 Å². The molecule has 11 atom stereocenters. The molecule has 3 fully saturated rings. The average molecular weight is 514 g/mol. The van der Waals surface area contributed by atoms with Gasteiger partial charge < -0.3 is 39.5 Å². The minimum atomic E-state index is -1.32. The maximum Gasteiger partial charge on any atom is 0.228 e. The number of fused-ring (bicyclic) bond motifs is 2. The third-order valence-corrected chi connectivity index (χ3v) is 8.64. The molecule has 3 rings (SSSR count). The lowest BCUT2D eigenvalue weighted by atomic mass is 9.77. The maximum atomic E-state index is 13.3. The molecule has 3 saturated heterocycles. The number of aliphatic hydroxyl groups excluding tert-OH is 2. The van der Waals surface area contributed by atoms with Gasteiger partial charge in [0.2, 0.25) is 5.91 Å². The summed E-state index contributed by atoms with van der Waals surface area (Å²) >= 11 is 0. The normalized spacial score (nSPS) is 46.2. The van der Waals surface area contributed by atoms with E-state index in [4.69, 9.17) is 9.47 Å². The number of carbonyl (C=O) groups is 1. The van der Waals surface area contributed by atoms with Gasteiger partial charge in [-0.2, -0.15) is 0 Å². The van der Waals surface area contributed by atoms with Gasteiger partial charge in [0.25, 0.3) is 0 Å². The van der Waals surface area contributed by atoms with Gasteiger partial charge in [-0.3, -0.25) is 4.79 Å². The molecule has 0 saturated carbocycles. The Balaban J connectivity index is 1.91. The minimum absolute atomic E-state index is 0.0569. The minimum Gasteiger partial charge on any atom is -0.392 e. The summed E-state index contributed by atoms with van der Waals surface area (Å²) in [4.78, 5) is 19.4. The fourth-order valence-corrected chi connectivity index (χ4v) is 6.82. The maximum absolute atomic E-state index is 13.3. The first-order valence-electron chi connectivity index (χ1n) is 13.7. The van der Waals surface area contributed by atoms with Crippen LogP contribution in [-0.4, -0.2) is 126 Å².